The molecule has 0 bridgehead atoms. The van der Waals surface area contributed by atoms with Crippen LogP contribution in [0.5, 0.6) is 0 Å². The molecule has 0 atom stereocenters. The lowest BCUT2D eigenvalue weighted by Crippen LogP contribution is -2.43. The van der Waals surface area contributed by atoms with E-state index in [2.05, 4.69) is 15.0 Å². The van der Waals surface area contributed by atoms with Crippen molar-refractivity contribution in [3.05, 3.63) is 42.2 Å². The average Bonchev–Trinajstić information content (AvgIpc) is 3.28. The van der Waals surface area contributed by atoms with Gasteiger partial charge in [0.25, 0.3) is 5.91 Å². The van der Waals surface area contributed by atoms with Gasteiger partial charge >= 0.3 is 0 Å². The predicted octanol–water partition coefficient (Wildman–Crippen LogP) is 2.01. The van der Waals surface area contributed by atoms with Crippen LogP contribution in [0.3, 0.4) is 0 Å². The minimum absolute atomic E-state index is 0.0719. The van der Waals surface area contributed by atoms with Crippen LogP contribution in [-0.4, -0.2) is 65.0 Å². The minimum Gasteiger partial charge on any atom is -0.379 e. The molecule has 1 aromatic carbocycles. The maximum atomic E-state index is 13.2. The van der Waals surface area contributed by atoms with E-state index in [1.165, 1.54) is 0 Å². The lowest BCUT2D eigenvalue weighted by Gasteiger charge is -2.29. The fourth-order valence-electron chi connectivity index (χ4n) is 3.05. The van der Waals surface area contributed by atoms with Crippen LogP contribution >= 0.6 is 11.3 Å². The molecule has 3 aromatic rings. The first-order valence-corrected chi connectivity index (χ1v) is 9.49. The number of hydrogen-bond acceptors (Lipinski definition) is 6. The highest BCUT2D eigenvalue weighted by atomic mass is 32.1. The maximum Gasteiger partial charge on any atom is 0.278 e. The van der Waals surface area contributed by atoms with Gasteiger partial charge in [-0.3, -0.25) is 19.3 Å². The van der Waals surface area contributed by atoms with Crippen LogP contribution in [0.2, 0.25) is 0 Å². The summed E-state index contributed by atoms with van der Waals surface area (Å²) >= 11 is 1.54. The van der Waals surface area contributed by atoms with E-state index in [1.54, 1.807) is 40.2 Å². The Hall–Kier alpha value is -2.29. The number of morpholine rings is 1. The summed E-state index contributed by atoms with van der Waals surface area (Å²) in [4.78, 5) is 21.9. The highest BCUT2D eigenvalue weighted by Gasteiger charge is 2.24. The number of hydrogen-bond donors (Lipinski definition) is 0. The van der Waals surface area contributed by atoms with Gasteiger partial charge in [-0.15, -0.1) is 0 Å². The summed E-state index contributed by atoms with van der Waals surface area (Å²) in [6.07, 6.45) is 1.64. The zero-order valence-corrected chi connectivity index (χ0v) is 15.5. The molecule has 1 fully saturated rings. The molecule has 1 aliphatic heterocycles. The largest absolute Gasteiger partial charge is 0.379 e. The lowest BCUT2D eigenvalue weighted by atomic mass is 10.3. The second-order valence-electron chi connectivity index (χ2n) is 6.22. The number of ether oxygens (including phenoxy) is 1. The van der Waals surface area contributed by atoms with Gasteiger partial charge in [-0.25, -0.2) is 4.98 Å². The normalized spacial score (nSPS) is 15.4. The number of fused-ring (bicyclic) bond motifs is 1. The number of benzene rings is 1. The van der Waals surface area contributed by atoms with Gasteiger partial charge in [0.1, 0.15) is 5.69 Å². The van der Waals surface area contributed by atoms with E-state index < -0.39 is 0 Å². The Morgan fingerprint density at radius 1 is 1.27 bits per heavy atom. The molecule has 0 saturated carbocycles. The van der Waals surface area contributed by atoms with Crippen LogP contribution in [0.4, 0.5) is 5.13 Å². The molecule has 26 heavy (non-hydrogen) atoms. The number of aromatic nitrogens is 3. The quantitative estimate of drug-likeness (QED) is 0.687. The second-order valence-corrected chi connectivity index (χ2v) is 7.22. The van der Waals surface area contributed by atoms with Crippen molar-refractivity contribution in [1.82, 2.24) is 19.7 Å². The Kier molecular flexibility index (Phi) is 4.96. The summed E-state index contributed by atoms with van der Waals surface area (Å²) in [7, 11) is 1.78. The third-order valence-corrected chi connectivity index (χ3v) is 5.60. The minimum atomic E-state index is -0.0719. The smallest absolute Gasteiger partial charge is 0.278 e. The van der Waals surface area contributed by atoms with Gasteiger partial charge in [0.05, 0.1) is 23.4 Å². The van der Waals surface area contributed by atoms with Crippen molar-refractivity contribution in [2.24, 2.45) is 7.05 Å². The van der Waals surface area contributed by atoms with Gasteiger partial charge in [-0.2, -0.15) is 5.10 Å². The average molecular weight is 371 g/mol. The van der Waals surface area contributed by atoms with Gasteiger partial charge in [0.15, 0.2) is 5.13 Å². The summed E-state index contributed by atoms with van der Waals surface area (Å²) in [5.74, 6) is -0.0719. The number of para-hydroxylation sites is 1. The van der Waals surface area contributed by atoms with Crippen LogP contribution < -0.4 is 4.90 Å². The Balaban J connectivity index is 1.61. The van der Waals surface area contributed by atoms with E-state index in [0.29, 0.717) is 12.2 Å². The third kappa shape index (κ3) is 3.48. The molecule has 4 rings (SSSR count). The fraction of sp³-hybridized carbons (Fsp3) is 0.389. The molecule has 1 amide bonds. The first-order valence-electron chi connectivity index (χ1n) is 8.68. The first-order chi connectivity index (χ1) is 12.7. The molecule has 0 spiro atoms. The van der Waals surface area contributed by atoms with Gasteiger partial charge in [-0.05, 0) is 18.2 Å². The summed E-state index contributed by atoms with van der Waals surface area (Å²) in [6, 6.07) is 9.71. The number of aryl methyl sites for hydroxylation is 1. The topological polar surface area (TPSA) is 63.5 Å². The SMILES string of the molecule is Cn1nccc1C(=O)N(CCN1CCOCC1)c1nc2ccccc2s1. The number of carbonyl (C=O) groups excluding carboxylic acids is 1. The number of amides is 1. The fourth-order valence-corrected chi connectivity index (χ4v) is 4.04. The van der Waals surface area contributed by atoms with Crippen LogP contribution in [0, 0.1) is 0 Å². The second kappa shape index (κ2) is 7.53. The molecule has 0 radical (unpaired) electrons. The molecule has 1 saturated heterocycles. The molecule has 2 aromatic heterocycles. The van der Waals surface area contributed by atoms with Crippen molar-refractivity contribution in [2.75, 3.05) is 44.3 Å². The van der Waals surface area contributed by atoms with Crippen molar-refractivity contribution in [1.29, 1.82) is 0 Å². The van der Waals surface area contributed by atoms with Crippen molar-refractivity contribution >= 4 is 32.6 Å². The lowest BCUT2D eigenvalue weighted by molar-refractivity contribution is 0.0391. The van der Waals surface area contributed by atoms with E-state index in [-0.39, 0.29) is 5.91 Å². The van der Waals surface area contributed by atoms with Gasteiger partial charge in [0.2, 0.25) is 0 Å². The van der Waals surface area contributed by atoms with Crippen molar-refractivity contribution in [3.63, 3.8) is 0 Å². The summed E-state index contributed by atoms with van der Waals surface area (Å²) in [5, 5.41) is 4.86. The Bertz CT molecular complexity index is 867. The number of rotatable bonds is 5. The molecule has 0 aliphatic carbocycles. The zero-order chi connectivity index (χ0) is 17.9. The van der Waals surface area contributed by atoms with E-state index in [0.717, 1.165) is 48.2 Å². The van der Waals surface area contributed by atoms with Gasteiger partial charge in [-0.1, -0.05) is 23.5 Å². The third-order valence-electron chi connectivity index (χ3n) is 4.54. The highest BCUT2D eigenvalue weighted by Crippen LogP contribution is 2.29. The predicted molar refractivity (Wildman–Crippen MR) is 102 cm³/mol. The van der Waals surface area contributed by atoms with Crippen LogP contribution in [0.1, 0.15) is 10.5 Å². The Morgan fingerprint density at radius 3 is 2.81 bits per heavy atom. The van der Waals surface area contributed by atoms with Crippen molar-refractivity contribution in [2.45, 2.75) is 0 Å². The highest BCUT2D eigenvalue weighted by molar-refractivity contribution is 7.22. The molecule has 3 heterocycles. The summed E-state index contributed by atoms with van der Waals surface area (Å²) < 4.78 is 8.10. The number of carbonyl (C=O) groups is 1. The maximum absolute atomic E-state index is 13.2. The van der Waals surface area contributed by atoms with Gasteiger partial charge < -0.3 is 4.74 Å². The zero-order valence-electron chi connectivity index (χ0n) is 14.7. The molecule has 0 unspecified atom stereocenters. The summed E-state index contributed by atoms with van der Waals surface area (Å²) in [6.45, 7) is 4.67. The number of nitrogens with zero attached hydrogens (tertiary/aromatic N) is 5. The summed E-state index contributed by atoms with van der Waals surface area (Å²) in [5.41, 5.74) is 1.48. The molecule has 1 aliphatic rings. The molecule has 8 heteroatoms. The molecule has 0 N–H and O–H groups in total. The van der Waals surface area contributed by atoms with Crippen molar-refractivity contribution < 1.29 is 9.53 Å². The van der Waals surface area contributed by atoms with E-state index in [1.807, 2.05) is 24.3 Å². The Morgan fingerprint density at radius 2 is 2.08 bits per heavy atom. The molecular weight excluding hydrogens is 350 g/mol. The standard InChI is InChI=1S/C18H21N5O2S/c1-21-15(6-7-19-21)17(24)23(9-8-22-10-12-25-13-11-22)18-20-14-4-2-3-5-16(14)26-18/h2-7H,8-13H2,1H3. The van der Waals surface area contributed by atoms with E-state index in [9.17, 15) is 4.79 Å². The molecule has 7 nitrogen and oxygen atoms in total. The Labute approximate surface area is 155 Å². The number of anilines is 1. The molecule has 136 valence electrons. The van der Waals surface area contributed by atoms with Gasteiger partial charge in [0, 0.05) is 39.4 Å². The van der Waals surface area contributed by atoms with Crippen LogP contribution in [-0.2, 0) is 11.8 Å². The monoisotopic (exact) mass is 371 g/mol. The molecular formula is C18H21N5O2S. The van der Waals surface area contributed by atoms with Crippen LogP contribution in [0.15, 0.2) is 36.5 Å². The first kappa shape index (κ1) is 17.1. The van der Waals surface area contributed by atoms with Crippen molar-refractivity contribution in [3.8, 4) is 0 Å². The number of thiazole rings is 1. The van der Waals surface area contributed by atoms with E-state index in [4.69, 9.17) is 4.74 Å². The van der Waals surface area contributed by atoms with E-state index >= 15 is 0 Å². The van der Waals surface area contributed by atoms with Crippen LogP contribution in [0.25, 0.3) is 10.2 Å².